The largest absolute Gasteiger partial charge is 0.480 e. The third-order valence-corrected chi connectivity index (χ3v) is 4.73. The zero-order valence-electron chi connectivity index (χ0n) is 11.4. The number of thiazole rings is 1. The van der Waals surface area contributed by atoms with Crippen molar-refractivity contribution in [3.63, 3.8) is 0 Å². The first-order valence-corrected chi connectivity index (χ1v) is 7.44. The Bertz CT molecular complexity index is 738. The average Bonchev–Trinajstić information content (AvgIpc) is 3.20. The molecule has 1 aromatic heterocycles. The molecule has 1 unspecified atom stereocenters. The van der Waals surface area contributed by atoms with Crippen LogP contribution in [0.5, 0.6) is 0 Å². The summed E-state index contributed by atoms with van der Waals surface area (Å²) in [5.41, 5.74) is 5.58. The SMILES string of the molecule is CC(NC(=O)c1ccc2nc(N)sc2c1)(C(=O)O)C1CC1. The van der Waals surface area contributed by atoms with Crippen LogP contribution in [0.4, 0.5) is 5.13 Å². The maximum absolute atomic E-state index is 12.3. The molecule has 0 saturated heterocycles. The van der Waals surface area contributed by atoms with Crippen molar-refractivity contribution < 1.29 is 14.7 Å². The summed E-state index contributed by atoms with van der Waals surface area (Å²) in [4.78, 5) is 27.9. The molecule has 1 fully saturated rings. The Morgan fingerprint density at radius 3 is 2.81 bits per heavy atom. The van der Waals surface area contributed by atoms with E-state index in [9.17, 15) is 14.7 Å². The second-order valence-corrected chi connectivity index (χ2v) is 6.53. The van der Waals surface area contributed by atoms with Gasteiger partial charge in [0, 0.05) is 5.56 Å². The number of hydrogen-bond acceptors (Lipinski definition) is 5. The average molecular weight is 305 g/mol. The first-order valence-electron chi connectivity index (χ1n) is 6.62. The van der Waals surface area contributed by atoms with Crippen molar-refractivity contribution in [3.8, 4) is 0 Å². The summed E-state index contributed by atoms with van der Waals surface area (Å²) in [7, 11) is 0. The number of carboxylic acids is 1. The molecule has 1 saturated carbocycles. The Balaban J connectivity index is 1.87. The van der Waals surface area contributed by atoms with E-state index in [1.807, 2.05) is 0 Å². The van der Waals surface area contributed by atoms with Crippen LogP contribution >= 0.6 is 11.3 Å². The summed E-state index contributed by atoms with van der Waals surface area (Å²) in [5, 5.41) is 12.5. The van der Waals surface area contributed by atoms with Gasteiger partial charge in [-0.1, -0.05) is 11.3 Å². The van der Waals surface area contributed by atoms with Crippen LogP contribution in [0.1, 0.15) is 30.1 Å². The van der Waals surface area contributed by atoms with Crippen LogP contribution in [0.25, 0.3) is 10.2 Å². The number of carbonyl (C=O) groups excluding carboxylic acids is 1. The summed E-state index contributed by atoms with van der Waals surface area (Å²) in [6, 6.07) is 5.03. The standard InChI is InChI=1S/C14H15N3O3S/c1-14(12(19)20,8-3-4-8)17-11(18)7-2-5-9-10(6-7)21-13(15)16-9/h2,5-6,8H,3-4H2,1H3,(H2,15,16)(H,17,18)(H,19,20). The minimum absolute atomic E-state index is 0.00160. The fraction of sp³-hybridized carbons (Fsp3) is 0.357. The molecule has 4 N–H and O–H groups in total. The predicted octanol–water partition coefficient (Wildman–Crippen LogP) is 1.86. The van der Waals surface area contributed by atoms with Gasteiger partial charge in [-0.3, -0.25) is 4.79 Å². The molecule has 6 nitrogen and oxygen atoms in total. The first kappa shape index (κ1) is 13.8. The second-order valence-electron chi connectivity index (χ2n) is 5.47. The van der Waals surface area contributed by atoms with E-state index in [1.165, 1.54) is 11.3 Å². The molecule has 21 heavy (non-hydrogen) atoms. The molecule has 7 heteroatoms. The molecule has 1 aliphatic carbocycles. The van der Waals surface area contributed by atoms with Gasteiger partial charge in [-0.05, 0) is 43.9 Å². The van der Waals surface area contributed by atoms with Crippen LogP contribution in [0.15, 0.2) is 18.2 Å². The highest BCUT2D eigenvalue weighted by Gasteiger charge is 2.48. The number of amides is 1. The Hall–Kier alpha value is -2.15. The van der Waals surface area contributed by atoms with Crippen LogP contribution in [0.2, 0.25) is 0 Å². The van der Waals surface area contributed by atoms with E-state index in [-0.39, 0.29) is 11.8 Å². The number of nitrogens with two attached hydrogens (primary N) is 1. The molecular weight excluding hydrogens is 290 g/mol. The van der Waals surface area contributed by atoms with E-state index in [0.717, 1.165) is 23.1 Å². The molecule has 0 aliphatic heterocycles. The summed E-state index contributed by atoms with van der Waals surface area (Å²) < 4.78 is 0.809. The quantitative estimate of drug-likeness (QED) is 0.799. The maximum atomic E-state index is 12.3. The van der Waals surface area contributed by atoms with Crippen molar-refractivity contribution >= 4 is 38.6 Å². The van der Waals surface area contributed by atoms with Crippen molar-refractivity contribution in [1.29, 1.82) is 0 Å². The number of anilines is 1. The third kappa shape index (κ3) is 2.44. The highest BCUT2D eigenvalue weighted by atomic mass is 32.1. The monoisotopic (exact) mass is 305 g/mol. The number of aliphatic carboxylic acids is 1. The Labute approximate surface area is 125 Å². The van der Waals surface area contributed by atoms with Gasteiger partial charge in [-0.15, -0.1) is 0 Å². The number of aromatic nitrogens is 1. The molecule has 1 amide bonds. The fourth-order valence-corrected chi connectivity index (χ4v) is 3.16. The van der Waals surface area contributed by atoms with Gasteiger partial charge >= 0.3 is 5.97 Å². The van der Waals surface area contributed by atoms with E-state index in [4.69, 9.17) is 5.73 Å². The number of nitrogens with one attached hydrogen (secondary N) is 1. The first-order chi connectivity index (χ1) is 9.90. The van der Waals surface area contributed by atoms with Crippen molar-refractivity contribution in [2.24, 2.45) is 5.92 Å². The molecule has 0 spiro atoms. The minimum atomic E-state index is -1.21. The number of carboxylic acid groups (broad SMARTS) is 1. The van der Waals surface area contributed by atoms with Crippen LogP contribution in [-0.4, -0.2) is 27.5 Å². The lowest BCUT2D eigenvalue weighted by atomic mass is 9.95. The van der Waals surface area contributed by atoms with Crippen molar-refractivity contribution in [3.05, 3.63) is 23.8 Å². The molecular formula is C14H15N3O3S. The smallest absolute Gasteiger partial charge is 0.329 e. The Morgan fingerprint density at radius 2 is 2.19 bits per heavy atom. The minimum Gasteiger partial charge on any atom is -0.480 e. The van der Waals surface area contributed by atoms with Gasteiger partial charge in [0.05, 0.1) is 10.2 Å². The molecule has 3 rings (SSSR count). The van der Waals surface area contributed by atoms with Gasteiger partial charge in [0.1, 0.15) is 5.54 Å². The van der Waals surface area contributed by atoms with Gasteiger partial charge in [0.2, 0.25) is 0 Å². The second kappa shape index (κ2) is 4.70. The highest BCUT2D eigenvalue weighted by molar-refractivity contribution is 7.22. The summed E-state index contributed by atoms with van der Waals surface area (Å²) in [6.45, 7) is 1.56. The number of rotatable bonds is 4. The number of nitrogens with zero attached hydrogens (tertiary/aromatic N) is 1. The number of hydrogen-bond donors (Lipinski definition) is 3. The molecule has 1 aromatic carbocycles. The van der Waals surface area contributed by atoms with Crippen LogP contribution in [-0.2, 0) is 4.79 Å². The lowest BCUT2D eigenvalue weighted by Crippen LogP contribution is -2.54. The Kier molecular flexibility index (Phi) is 3.09. The molecule has 110 valence electrons. The van der Waals surface area contributed by atoms with Crippen molar-refractivity contribution in [2.45, 2.75) is 25.3 Å². The maximum Gasteiger partial charge on any atom is 0.329 e. The Morgan fingerprint density at radius 1 is 1.48 bits per heavy atom. The number of fused-ring (bicyclic) bond motifs is 1. The molecule has 1 heterocycles. The zero-order chi connectivity index (χ0) is 15.2. The fourth-order valence-electron chi connectivity index (χ4n) is 2.38. The molecule has 2 aromatic rings. The van der Waals surface area contributed by atoms with Crippen LogP contribution in [0, 0.1) is 5.92 Å². The molecule has 0 radical (unpaired) electrons. The number of nitrogen functional groups attached to an aromatic ring is 1. The topological polar surface area (TPSA) is 105 Å². The third-order valence-electron chi connectivity index (χ3n) is 3.88. The predicted molar refractivity (Wildman–Crippen MR) is 80.3 cm³/mol. The van der Waals surface area contributed by atoms with Crippen molar-refractivity contribution in [2.75, 3.05) is 5.73 Å². The number of benzene rings is 1. The van der Waals surface area contributed by atoms with Gasteiger partial charge in [-0.2, -0.15) is 0 Å². The van der Waals surface area contributed by atoms with E-state index in [1.54, 1.807) is 25.1 Å². The summed E-state index contributed by atoms with van der Waals surface area (Å²) in [5.74, 6) is -1.39. The van der Waals surface area contributed by atoms with Crippen molar-refractivity contribution in [1.82, 2.24) is 10.3 Å². The summed E-state index contributed by atoms with van der Waals surface area (Å²) in [6.07, 6.45) is 1.65. The van der Waals surface area contributed by atoms with E-state index < -0.39 is 11.5 Å². The van der Waals surface area contributed by atoms with E-state index >= 15 is 0 Å². The van der Waals surface area contributed by atoms with Crippen LogP contribution in [0.3, 0.4) is 0 Å². The van der Waals surface area contributed by atoms with E-state index in [2.05, 4.69) is 10.3 Å². The lowest BCUT2D eigenvalue weighted by Gasteiger charge is -2.26. The molecule has 0 bridgehead atoms. The lowest BCUT2D eigenvalue weighted by molar-refractivity contribution is -0.144. The van der Waals surface area contributed by atoms with Gasteiger partial charge in [-0.25, -0.2) is 9.78 Å². The van der Waals surface area contributed by atoms with Crippen LogP contribution < -0.4 is 11.1 Å². The summed E-state index contributed by atoms with van der Waals surface area (Å²) >= 11 is 1.30. The highest BCUT2D eigenvalue weighted by Crippen LogP contribution is 2.40. The van der Waals surface area contributed by atoms with Gasteiger partial charge < -0.3 is 16.2 Å². The normalized spacial score (nSPS) is 17.4. The van der Waals surface area contributed by atoms with Gasteiger partial charge in [0.15, 0.2) is 5.13 Å². The zero-order valence-corrected chi connectivity index (χ0v) is 12.2. The number of carbonyl (C=O) groups is 2. The molecule has 1 aliphatic rings. The van der Waals surface area contributed by atoms with E-state index in [0.29, 0.717) is 10.7 Å². The van der Waals surface area contributed by atoms with Gasteiger partial charge in [0.25, 0.3) is 5.91 Å². The molecule has 1 atom stereocenters.